The summed E-state index contributed by atoms with van der Waals surface area (Å²) >= 11 is 16.2. The summed E-state index contributed by atoms with van der Waals surface area (Å²) in [4.78, 5) is 1.29. The first-order chi connectivity index (χ1) is 9.60. The molecule has 1 aromatic carbocycles. The molecule has 2 aromatic rings. The van der Waals surface area contributed by atoms with Crippen LogP contribution in [0.25, 0.3) is 0 Å². The number of rotatable bonds is 6. The van der Waals surface area contributed by atoms with Crippen molar-refractivity contribution < 1.29 is 0 Å². The number of benzene rings is 1. The first-order valence-electron chi connectivity index (χ1n) is 6.52. The fourth-order valence-electron chi connectivity index (χ4n) is 2.05. The molecule has 0 amide bonds. The van der Waals surface area contributed by atoms with E-state index in [2.05, 4.69) is 53.0 Å². The smallest absolute Gasteiger partial charge is 0.0931 e. The molecule has 0 saturated carbocycles. The van der Waals surface area contributed by atoms with Gasteiger partial charge in [-0.1, -0.05) is 30.1 Å². The Labute approximate surface area is 147 Å². The molecule has 1 aromatic heterocycles. The van der Waals surface area contributed by atoms with Gasteiger partial charge in [0.05, 0.1) is 4.34 Å². The summed E-state index contributed by atoms with van der Waals surface area (Å²) in [6.07, 6.45) is 2.05. The quantitative estimate of drug-likeness (QED) is 0.549. The first kappa shape index (κ1) is 16.6. The van der Waals surface area contributed by atoms with Crippen molar-refractivity contribution in [2.24, 2.45) is 0 Å². The largest absolute Gasteiger partial charge is 0.310 e. The third-order valence-electron chi connectivity index (χ3n) is 3.01. The van der Waals surface area contributed by atoms with Gasteiger partial charge in [-0.25, -0.2) is 0 Å². The van der Waals surface area contributed by atoms with E-state index >= 15 is 0 Å². The van der Waals surface area contributed by atoms with Crippen LogP contribution in [0, 0.1) is 3.57 Å². The van der Waals surface area contributed by atoms with E-state index < -0.39 is 0 Å². The second-order valence-corrected chi connectivity index (χ2v) is 7.98. The molecule has 1 heterocycles. The van der Waals surface area contributed by atoms with Crippen LogP contribution in [0.5, 0.6) is 0 Å². The number of thiophene rings is 1. The molecule has 0 radical (unpaired) electrons. The highest BCUT2D eigenvalue weighted by Gasteiger charge is 2.16. The second kappa shape index (κ2) is 7.99. The van der Waals surface area contributed by atoms with Crippen LogP contribution in [-0.2, 0) is 6.42 Å². The summed E-state index contributed by atoms with van der Waals surface area (Å²) in [7, 11) is 0. The molecule has 0 aliphatic carbocycles. The lowest BCUT2D eigenvalue weighted by Gasteiger charge is -2.20. The van der Waals surface area contributed by atoms with Gasteiger partial charge >= 0.3 is 0 Å². The molecule has 0 aliphatic heterocycles. The van der Waals surface area contributed by atoms with Crippen molar-refractivity contribution in [3.63, 3.8) is 0 Å². The van der Waals surface area contributed by atoms with Crippen molar-refractivity contribution in [3.05, 3.63) is 53.7 Å². The van der Waals surface area contributed by atoms with Gasteiger partial charge in [0.15, 0.2) is 0 Å². The minimum atomic E-state index is 0.273. The van der Waals surface area contributed by atoms with Gasteiger partial charge in [-0.3, -0.25) is 0 Å². The van der Waals surface area contributed by atoms with Crippen LogP contribution in [0.4, 0.5) is 0 Å². The highest BCUT2D eigenvalue weighted by atomic mass is 127. The normalized spacial score (nSPS) is 12.6. The summed E-state index contributed by atoms with van der Waals surface area (Å²) < 4.78 is 2.08. The van der Waals surface area contributed by atoms with Crippen LogP contribution in [-0.4, -0.2) is 6.54 Å². The number of halogens is 3. The molecule has 0 aliphatic rings. The van der Waals surface area contributed by atoms with Crippen molar-refractivity contribution in [1.29, 1.82) is 0 Å². The Morgan fingerprint density at radius 1 is 1.25 bits per heavy atom. The van der Waals surface area contributed by atoms with E-state index in [1.807, 2.05) is 12.1 Å². The number of hydrogen-bond donors (Lipinski definition) is 1. The molecule has 0 saturated heterocycles. The summed E-state index contributed by atoms with van der Waals surface area (Å²) in [6, 6.07) is 10.4. The van der Waals surface area contributed by atoms with Gasteiger partial charge in [0.2, 0.25) is 0 Å². The first-order valence-corrected chi connectivity index (χ1v) is 9.17. The van der Waals surface area contributed by atoms with E-state index in [0.717, 1.165) is 28.7 Å². The Balaban J connectivity index is 2.24. The Hall–Kier alpha value is 0.190. The van der Waals surface area contributed by atoms with Gasteiger partial charge in [0.1, 0.15) is 0 Å². The zero-order chi connectivity index (χ0) is 14.5. The predicted molar refractivity (Wildman–Crippen MR) is 98.2 cm³/mol. The van der Waals surface area contributed by atoms with Gasteiger partial charge < -0.3 is 5.32 Å². The van der Waals surface area contributed by atoms with Crippen LogP contribution in [0.1, 0.15) is 29.8 Å². The Morgan fingerprint density at radius 2 is 2.05 bits per heavy atom. The SMILES string of the molecule is CCCNC(Cc1ccc(Cl)s1)c1cc(Cl)ccc1I. The molecular weight excluding hydrogens is 424 g/mol. The lowest BCUT2D eigenvalue weighted by molar-refractivity contribution is 0.530. The molecule has 1 unspecified atom stereocenters. The van der Waals surface area contributed by atoms with E-state index in [1.54, 1.807) is 11.3 Å². The molecule has 20 heavy (non-hydrogen) atoms. The molecule has 2 rings (SSSR count). The predicted octanol–water partition coefficient (Wildman–Crippen LogP) is 5.94. The van der Waals surface area contributed by atoms with E-state index in [0.29, 0.717) is 0 Å². The van der Waals surface area contributed by atoms with E-state index in [9.17, 15) is 0 Å². The van der Waals surface area contributed by atoms with Crippen LogP contribution in [0.3, 0.4) is 0 Å². The van der Waals surface area contributed by atoms with Crippen molar-refractivity contribution in [2.75, 3.05) is 6.54 Å². The van der Waals surface area contributed by atoms with E-state index in [4.69, 9.17) is 23.2 Å². The molecule has 5 heteroatoms. The lowest BCUT2D eigenvalue weighted by atomic mass is 10.0. The highest BCUT2D eigenvalue weighted by Crippen LogP contribution is 2.30. The van der Waals surface area contributed by atoms with Gasteiger partial charge in [-0.2, -0.15) is 0 Å². The maximum Gasteiger partial charge on any atom is 0.0931 e. The lowest BCUT2D eigenvalue weighted by Crippen LogP contribution is -2.24. The molecule has 108 valence electrons. The number of hydrogen-bond acceptors (Lipinski definition) is 2. The van der Waals surface area contributed by atoms with E-state index in [1.165, 1.54) is 14.0 Å². The third-order valence-corrected chi connectivity index (χ3v) is 5.48. The topological polar surface area (TPSA) is 12.0 Å². The van der Waals surface area contributed by atoms with Gasteiger partial charge in [0.25, 0.3) is 0 Å². The van der Waals surface area contributed by atoms with Crippen LogP contribution < -0.4 is 5.32 Å². The summed E-state index contributed by atoms with van der Waals surface area (Å²) in [5, 5.41) is 4.40. The molecule has 1 N–H and O–H groups in total. The van der Waals surface area contributed by atoms with Crippen molar-refractivity contribution in [1.82, 2.24) is 5.32 Å². The van der Waals surface area contributed by atoms with Gasteiger partial charge in [-0.15, -0.1) is 11.3 Å². The summed E-state index contributed by atoms with van der Waals surface area (Å²) in [5.74, 6) is 0. The van der Waals surface area contributed by atoms with Crippen LogP contribution in [0.2, 0.25) is 9.36 Å². The monoisotopic (exact) mass is 439 g/mol. The van der Waals surface area contributed by atoms with E-state index in [-0.39, 0.29) is 6.04 Å². The maximum absolute atomic E-state index is 6.15. The molecule has 0 fully saturated rings. The third kappa shape index (κ3) is 4.60. The number of nitrogens with one attached hydrogen (secondary N) is 1. The highest BCUT2D eigenvalue weighted by molar-refractivity contribution is 14.1. The van der Waals surface area contributed by atoms with Crippen molar-refractivity contribution in [3.8, 4) is 0 Å². The summed E-state index contributed by atoms with van der Waals surface area (Å²) in [6.45, 7) is 3.17. The minimum Gasteiger partial charge on any atom is -0.310 e. The zero-order valence-electron chi connectivity index (χ0n) is 11.1. The Morgan fingerprint density at radius 3 is 2.70 bits per heavy atom. The zero-order valence-corrected chi connectivity index (χ0v) is 15.6. The standard InChI is InChI=1S/C15H16Cl2INS/c1-2-7-19-14(9-11-4-6-15(17)20-11)12-8-10(16)3-5-13(12)18/h3-6,8,14,19H,2,7,9H2,1H3. The Kier molecular flexibility index (Phi) is 6.62. The van der Waals surface area contributed by atoms with Crippen LogP contribution in [0.15, 0.2) is 30.3 Å². The van der Waals surface area contributed by atoms with Crippen LogP contribution >= 0.6 is 57.1 Å². The van der Waals surface area contributed by atoms with Gasteiger partial charge in [0, 0.05) is 25.9 Å². The fraction of sp³-hybridized carbons (Fsp3) is 0.333. The molecule has 0 bridgehead atoms. The molecule has 1 nitrogen and oxygen atoms in total. The summed E-state index contributed by atoms with van der Waals surface area (Å²) in [5.41, 5.74) is 1.26. The van der Waals surface area contributed by atoms with Crippen molar-refractivity contribution >= 4 is 57.1 Å². The molecule has 0 spiro atoms. The maximum atomic E-state index is 6.15. The minimum absolute atomic E-state index is 0.273. The van der Waals surface area contributed by atoms with Crippen molar-refractivity contribution in [2.45, 2.75) is 25.8 Å². The van der Waals surface area contributed by atoms with Gasteiger partial charge in [-0.05, 0) is 71.5 Å². The average Bonchev–Trinajstić information content (AvgIpc) is 2.83. The average molecular weight is 440 g/mol. The Bertz CT molecular complexity index is 571. The fourth-order valence-corrected chi connectivity index (χ4v) is 4.08. The molecule has 1 atom stereocenters. The second-order valence-electron chi connectivity index (χ2n) is 4.58. The molecular formula is C15H16Cl2INS.